The van der Waals surface area contributed by atoms with Gasteiger partial charge in [-0.25, -0.2) is 17.9 Å². The number of carboxylic acid groups (broad SMARTS) is 1. The van der Waals surface area contributed by atoms with E-state index in [0.717, 1.165) is 11.1 Å². The third kappa shape index (κ3) is 25.2. The molecule has 2 aliphatic heterocycles. The molecule has 0 unspecified atom stereocenters. The van der Waals surface area contributed by atoms with Crippen LogP contribution in [-0.4, -0.2) is 175 Å². The van der Waals surface area contributed by atoms with Crippen molar-refractivity contribution >= 4 is 86.9 Å². The molecule has 14 N–H and O–H groups in total. The molecule has 1 fully saturated rings. The summed E-state index contributed by atoms with van der Waals surface area (Å²) in [6, 6.07) is 41.3. The van der Waals surface area contributed by atoms with Crippen molar-refractivity contribution in [3.05, 3.63) is 232 Å². The van der Waals surface area contributed by atoms with Crippen LogP contribution in [-0.2, 0) is 89.2 Å². The predicted molar refractivity (Wildman–Crippen MR) is 455 cm³/mol. The number of likely N-dealkylation sites (tertiary alicyclic amines) is 1. The SMILES string of the molecule is CSCC[C@H](NC(=O)[C@H](Cc1ccccc1)NC(=O)CNC(=O)[C@@H](C)NC(=O)[C@@H](N)Cc1ccc(OC(C)(C)C)cc1)C(=O)N1CCC[C@H]1C(=O)N[C@@H](CCC(=O)NC(c1ccccc1)(c1ccccc1)c1ccccc1)C(=O)N[C@@H](CCCNC(=N)NS(=O)(=O)c1c(C)c(C)c2c(c1C)CC(C)(C)O2)C(=O)N[C@@H](Cc1ccccc1)C(=O)O. The van der Waals surface area contributed by atoms with Crippen LogP contribution in [0.1, 0.15) is 142 Å². The van der Waals surface area contributed by atoms with E-state index < -0.39 is 160 Å². The zero-order valence-corrected chi connectivity index (χ0v) is 70.6. The Kier molecular flexibility index (Phi) is 32.0. The zero-order chi connectivity index (χ0) is 86.4. The number of nitrogens with two attached hydrogens (primary N) is 1. The molecule has 30 heteroatoms. The second kappa shape index (κ2) is 41.7. The third-order valence-corrected chi connectivity index (χ3v) is 23.1. The van der Waals surface area contributed by atoms with E-state index in [2.05, 4.69) is 52.6 Å². The minimum absolute atomic E-state index is 0.00504. The number of hydrogen-bond acceptors (Lipinski definition) is 17. The first-order valence-corrected chi connectivity index (χ1v) is 42.8. The molecule has 0 saturated carbocycles. The highest BCUT2D eigenvalue weighted by molar-refractivity contribution is 7.98. The summed E-state index contributed by atoms with van der Waals surface area (Å²) >= 11 is 1.38. The molecule has 2 aliphatic rings. The molecule has 0 bridgehead atoms. The van der Waals surface area contributed by atoms with E-state index in [4.69, 9.17) is 20.6 Å². The highest BCUT2D eigenvalue weighted by Gasteiger charge is 2.43. The molecule has 634 valence electrons. The fraction of sp³-hybridized carbons (Fsp3) is 0.404. The van der Waals surface area contributed by atoms with E-state index in [-0.39, 0.29) is 69.4 Å². The van der Waals surface area contributed by atoms with Gasteiger partial charge in [0.1, 0.15) is 70.5 Å². The van der Waals surface area contributed by atoms with Crippen molar-refractivity contribution in [1.29, 1.82) is 5.41 Å². The second-order valence-corrected chi connectivity index (χ2v) is 34.3. The lowest BCUT2D eigenvalue weighted by Gasteiger charge is -2.37. The Morgan fingerprint density at radius 3 is 1.66 bits per heavy atom. The summed E-state index contributed by atoms with van der Waals surface area (Å²) in [4.78, 5) is 146. The highest BCUT2D eigenvalue weighted by Crippen LogP contribution is 2.44. The maximum absolute atomic E-state index is 15.5. The lowest BCUT2D eigenvalue weighted by atomic mass is 9.77. The molecule has 28 nitrogen and oxygen atoms in total. The summed E-state index contributed by atoms with van der Waals surface area (Å²) in [6.45, 7) is 15.4. The molecular weight excluding hydrogens is 1560 g/mol. The van der Waals surface area contributed by atoms with Crippen molar-refractivity contribution in [2.24, 2.45) is 5.73 Å². The number of guanidine groups is 1. The van der Waals surface area contributed by atoms with E-state index in [0.29, 0.717) is 68.2 Å². The van der Waals surface area contributed by atoms with Crippen LogP contribution in [0.2, 0.25) is 0 Å². The maximum Gasteiger partial charge on any atom is 0.326 e. The number of amides is 9. The van der Waals surface area contributed by atoms with E-state index in [1.165, 1.54) is 23.6 Å². The Morgan fingerprint density at radius 2 is 1.12 bits per heavy atom. The summed E-state index contributed by atoms with van der Waals surface area (Å²) in [7, 11) is -4.38. The summed E-state index contributed by atoms with van der Waals surface area (Å²) in [5.41, 5.74) is 10.2. The Morgan fingerprint density at radius 1 is 0.605 bits per heavy atom. The molecule has 2 heterocycles. The van der Waals surface area contributed by atoms with Crippen molar-refractivity contribution in [3.63, 3.8) is 0 Å². The quantitative estimate of drug-likeness (QED) is 0.00806. The number of benzene rings is 7. The van der Waals surface area contributed by atoms with Gasteiger partial charge in [-0.1, -0.05) is 164 Å². The van der Waals surface area contributed by atoms with Crippen LogP contribution in [0.5, 0.6) is 11.5 Å². The van der Waals surface area contributed by atoms with Crippen LogP contribution in [0, 0.1) is 26.2 Å². The number of fused-ring (bicyclic) bond motifs is 1. The number of sulfonamides is 1. The normalized spacial score (nSPS) is 15.4. The molecule has 0 radical (unpaired) electrons. The maximum atomic E-state index is 15.5. The number of rotatable bonds is 39. The van der Waals surface area contributed by atoms with E-state index >= 15 is 19.2 Å². The van der Waals surface area contributed by atoms with E-state index in [9.17, 15) is 42.3 Å². The largest absolute Gasteiger partial charge is 0.488 e. The van der Waals surface area contributed by atoms with Crippen LogP contribution in [0.25, 0.3) is 0 Å². The number of hydrogen-bond donors (Lipinski definition) is 13. The van der Waals surface area contributed by atoms with E-state index in [1.807, 2.05) is 126 Å². The first kappa shape index (κ1) is 91.3. The van der Waals surface area contributed by atoms with Gasteiger partial charge in [-0.15, -0.1) is 0 Å². The van der Waals surface area contributed by atoms with Crippen LogP contribution in [0.15, 0.2) is 181 Å². The Bertz CT molecular complexity index is 4750. The fourth-order valence-electron chi connectivity index (χ4n) is 14.8. The van der Waals surface area contributed by atoms with Crippen molar-refractivity contribution < 1.29 is 70.9 Å². The van der Waals surface area contributed by atoms with Gasteiger partial charge in [-0.2, -0.15) is 11.8 Å². The minimum Gasteiger partial charge on any atom is -0.488 e. The molecule has 9 rings (SSSR count). The van der Waals surface area contributed by atoms with Crippen molar-refractivity contribution in [1.82, 2.24) is 57.5 Å². The molecular formula is C89H111N13O15S2. The summed E-state index contributed by atoms with van der Waals surface area (Å²) in [5, 5.41) is 44.2. The van der Waals surface area contributed by atoms with Gasteiger partial charge in [0.2, 0.25) is 59.1 Å². The van der Waals surface area contributed by atoms with E-state index in [1.54, 1.807) is 112 Å². The van der Waals surface area contributed by atoms with Crippen molar-refractivity contribution in [3.8, 4) is 11.5 Å². The molecule has 0 aromatic heterocycles. The van der Waals surface area contributed by atoms with Gasteiger partial charge in [-0.05, 0) is 181 Å². The Balaban J connectivity index is 0.947. The third-order valence-electron chi connectivity index (χ3n) is 20.9. The van der Waals surface area contributed by atoms with Crippen molar-refractivity contribution in [2.75, 3.05) is 31.6 Å². The first-order valence-electron chi connectivity index (χ1n) is 39.9. The number of carbonyl (C=O) groups excluding carboxylic acids is 9. The average molecular weight is 1670 g/mol. The van der Waals surface area contributed by atoms with Gasteiger partial charge in [0.15, 0.2) is 0 Å². The monoisotopic (exact) mass is 1670 g/mol. The number of nitrogens with zero attached hydrogens (tertiary/aromatic N) is 1. The van der Waals surface area contributed by atoms with Crippen molar-refractivity contribution in [2.45, 2.75) is 203 Å². The number of carbonyl (C=O) groups is 10. The molecule has 0 aliphatic carbocycles. The topological polar surface area (TPSA) is 417 Å². The fourth-order valence-corrected chi connectivity index (χ4v) is 16.8. The number of nitrogens with one attached hydrogen (secondary N) is 11. The van der Waals surface area contributed by atoms with Crippen LogP contribution in [0.4, 0.5) is 0 Å². The second-order valence-electron chi connectivity index (χ2n) is 31.7. The molecule has 9 amide bonds. The molecule has 0 spiro atoms. The van der Waals surface area contributed by atoms with Crippen LogP contribution < -0.4 is 67.8 Å². The van der Waals surface area contributed by atoms with Gasteiger partial charge in [0.25, 0.3) is 10.0 Å². The Hall–Kier alpha value is -11.6. The zero-order valence-electron chi connectivity index (χ0n) is 69.0. The first-order chi connectivity index (χ1) is 56.6. The summed E-state index contributed by atoms with van der Waals surface area (Å²) < 4.78 is 42.8. The van der Waals surface area contributed by atoms with Crippen LogP contribution >= 0.6 is 11.8 Å². The highest BCUT2D eigenvalue weighted by atomic mass is 32.2. The van der Waals surface area contributed by atoms with Gasteiger partial charge in [0.05, 0.1) is 17.5 Å². The number of carboxylic acids is 1. The van der Waals surface area contributed by atoms with Gasteiger partial charge in [-0.3, -0.25) is 48.6 Å². The summed E-state index contributed by atoms with van der Waals surface area (Å²) in [6.07, 6.45) is 1.39. The predicted octanol–water partition coefficient (Wildman–Crippen LogP) is 6.90. The number of ether oxygens (including phenoxy) is 2. The molecule has 119 heavy (non-hydrogen) atoms. The lowest BCUT2D eigenvalue weighted by Crippen LogP contribution is -2.59. The molecule has 1 saturated heterocycles. The van der Waals surface area contributed by atoms with Gasteiger partial charge in [0, 0.05) is 44.3 Å². The minimum atomic E-state index is -4.38. The summed E-state index contributed by atoms with van der Waals surface area (Å²) in [5.74, 6) is -7.33. The van der Waals surface area contributed by atoms with Gasteiger partial charge >= 0.3 is 5.97 Å². The number of thioether (sulfide) groups is 1. The molecule has 7 aromatic carbocycles. The van der Waals surface area contributed by atoms with Gasteiger partial charge < -0.3 is 73.1 Å². The van der Waals surface area contributed by atoms with Crippen LogP contribution in [0.3, 0.4) is 0 Å². The lowest BCUT2D eigenvalue weighted by molar-refractivity contribution is -0.143. The molecule has 7 aromatic rings. The average Bonchev–Trinajstić information content (AvgIpc) is 1.71. The Labute approximate surface area is 700 Å². The standard InChI is InChI=1S/C89H111N13O15S2/c1-55-56(2)77(57(3)66-53-88(8,9)117-76(55)66)119(114,115)101-86(91)92-47-26-38-68(80(107)99-72(85(112)113)52-60-30-18-12-19-31-60)96-81(108)69(44-45-74(103)100-89(62-32-20-13-21-33-62,63-34-22-14-23-35-63)64-36-24-15-25-37-64)97-83(110)73-39-27-48-102(73)84(111)70(46-49-118-10)98-82(109)71(51-59-28-16-11-17-29-59)95-75(104)54-93-78(105)58(4)94-79(106)67(90)50-61-40-42-65(43-41-61)116-87(5,6)7/h11-25,28-37,40-43,58,67-73H,26-27,38-39,44-54,90H2,1-10H3,(H,93,105)(H,94,106)(H,95,104)(H,96,108)(H,97,110)(H,98,109)(H,99,107)(H,100,103)(H,112,113)(H3,91,92,101)/t58-,67+,68+,69+,70+,71+,72+,73+/m1/s1. The molecule has 8 atom stereocenters. The smallest absolute Gasteiger partial charge is 0.326 e. The number of aliphatic carboxylic acids is 1.